The lowest BCUT2D eigenvalue weighted by atomic mass is 10.2. The van der Waals surface area contributed by atoms with Gasteiger partial charge in [-0.2, -0.15) is 0 Å². The van der Waals surface area contributed by atoms with Gasteiger partial charge in [0.15, 0.2) is 11.6 Å². The van der Waals surface area contributed by atoms with Gasteiger partial charge in [0.2, 0.25) is 0 Å². The molecule has 2 aromatic heterocycles. The quantitative estimate of drug-likeness (QED) is 0.266. The van der Waals surface area contributed by atoms with Crippen molar-refractivity contribution in [2.24, 2.45) is 0 Å². The lowest BCUT2D eigenvalue weighted by Gasteiger charge is -2.14. The molecule has 0 saturated heterocycles. The fraction of sp³-hybridized carbons (Fsp3) is 0.0952. The number of aryl methyl sites for hydroxylation is 1. The molecule has 30 heavy (non-hydrogen) atoms. The third kappa shape index (κ3) is 4.15. The number of benzene rings is 2. The molecule has 0 spiro atoms. The summed E-state index contributed by atoms with van der Waals surface area (Å²) in [5.41, 5.74) is 1.74. The maximum absolute atomic E-state index is 15.1. The number of hydrogen-bond acceptors (Lipinski definition) is 6. The Kier molecular flexibility index (Phi) is 5.96. The van der Waals surface area contributed by atoms with Crippen LogP contribution in [-0.2, 0) is 6.42 Å². The SMILES string of the molecule is CCc1ccccc1SNc1ccc(F)c(Nc2ncnc3ccc(Cl)nc23)c1F. The molecule has 2 aromatic carbocycles. The summed E-state index contributed by atoms with van der Waals surface area (Å²) in [5, 5.41) is 2.93. The van der Waals surface area contributed by atoms with Gasteiger partial charge in [0, 0.05) is 4.90 Å². The number of nitrogens with one attached hydrogen (secondary N) is 2. The molecule has 0 aliphatic rings. The van der Waals surface area contributed by atoms with Crippen molar-refractivity contribution in [2.45, 2.75) is 18.2 Å². The second kappa shape index (κ2) is 8.81. The minimum Gasteiger partial charge on any atom is -0.333 e. The van der Waals surface area contributed by atoms with Crippen molar-refractivity contribution < 1.29 is 8.78 Å². The lowest BCUT2D eigenvalue weighted by Crippen LogP contribution is -2.04. The molecule has 0 amide bonds. The van der Waals surface area contributed by atoms with Crippen LogP contribution in [0.4, 0.5) is 26.0 Å². The van der Waals surface area contributed by atoms with Gasteiger partial charge in [-0.05, 0) is 54.3 Å². The Morgan fingerprint density at radius 2 is 1.87 bits per heavy atom. The molecule has 0 aliphatic heterocycles. The van der Waals surface area contributed by atoms with Crippen LogP contribution in [-0.4, -0.2) is 15.0 Å². The van der Waals surface area contributed by atoms with Gasteiger partial charge in [-0.3, -0.25) is 0 Å². The van der Waals surface area contributed by atoms with Crippen LogP contribution in [0.15, 0.2) is 59.8 Å². The number of aromatic nitrogens is 3. The predicted octanol–water partition coefficient (Wildman–Crippen LogP) is 6.38. The van der Waals surface area contributed by atoms with Crippen molar-refractivity contribution in [1.82, 2.24) is 15.0 Å². The van der Waals surface area contributed by atoms with Crippen molar-refractivity contribution in [2.75, 3.05) is 10.0 Å². The van der Waals surface area contributed by atoms with Crippen molar-refractivity contribution in [3.8, 4) is 0 Å². The molecule has 5 nitrogen and oxygen atoms in total. The lowest BCUT2D eigenvalue weighted by molar-refractivity contribution is 0.593. The van der Waals surface area contributed by atoms with Gasteiger partial charge in [0.25, 0.3) is 0 Å². The van der Waals surface area contributed by atoms with E-state index in [2.05, 4.69) is 25.0 Å². The van der Waals surface area contributed by atoms with Crippen molar-refractivity contribution in [3.05, 3.63) is 77.2 Å². The minimum atomic E-state index is -0.773. The zero-order chi connectivity index (χ0) is 21.1. The summed E-state index contributed by atoms with van der Waals surface area (Å²) in [4.78, 5) is 13.3. The average molecular weight is 444 g/mol. The Hall–Kier alpha value is -2.97. The monoisotopic (exact) mass is 443 g/mol. The summed E-state index contributed by atoms with van der Waals surface area (Å²) in [6.07, 6.45) is 2.13. The molecule has 0 saturated carbocycles. The molecule has 2 heterocycles. The Morgan fingerprint density at radius 1 is 1.03 bits per heavy atom. The van der Waals surface area contributed by atoms with E-state index in [1.165, 1.54) is 30.4 Å². The number of pyridine rings is 1. The second-order valence-electron chi connectivity index (χ2n) is 6.30. The van der Waals surface area contributed by atoms with E-state index in [1.54, 1.807) is 12.1 Å². The highest BCUT2D eigenvalue weighted by molar-refractivity contribution is 8.00. The fourth-order valence-electron chi connectivity index (χ4n) is 2.88. The van der Waals surface area contributed by atoms with Gasteiger partial charge in [-0.25, -0.2) is 23.7 Å². The summed E-state index contributed by atoms with van der Waals surface area (Å²) in [5.74, 6) is -1.38. The molecule has 152 valence electrons. The van der Waals surface area contributed by atoms with Gasteiger partial charge in [0.05, 0.1) is 11.2 Å². The third-order valence-electron chi connectivity index (χ3n) is 4.41. The highest BCUT2D eigenvalue weighted by atomic mass is 35.5. The topological polar surface area (TPSA) is 62.7 Å². The molecule has 0 fully saturated rings. The van der Waals surface area contributed by atoms with Gasteiger partial charge in [-0.1, -0.05) is 36.7 Å². The van der Waals surface area contributed by atoms with Crippen LogP contribution in [0.1, 0.15) is 12.5 Å². The first-order chi connectivity index (χ1) is 14.6. The van der Waals surface area contributed by atoms with Crippen LogP contribution < -0.4 is 10.0 Å². The van der Waals surface area contributed by atoms with Crippen LogP contribution in [0.25, 0.3) is 11.0 Å². The fourth-order valence-corrected chi connectivity index (χ4v) is 3.89. The second-order valence-corrected chi connectivity index (χ2v) is 7.53. The standard InChI is InChI=1S/C21H16ClF2N5S/c1-2-12-5-3-4-6-16(12)30-29-14-8-7-13(23)19(18(14)24)28-21-20-15(25-11-26-21)9-10-17(22)27-20/h3-11,29H,2H2,1H3,(H,25,26,28). The molecule has 0 atom stereocenters. The van der Waals surface area contributed by atoms with E-state index in [1.807, 2.05) is 31.2 Å². The summed E-state index contributed by atoms with van der Waals surface area (Å²) in [7, 11) is 0. The van der Waals surface area contributed by atoms with Crippen molar-refractivity contribution in [1.29, 1.82) is 0 Å². The molecule has 4 aromatic rings. The van der Waals surface area contributed by atoms with E-state index >= 15 is 4.39 Å². The number of halogens is 3. The van der Waals surface area contributed by atoms with Crippen molar-refractivity contribution in [3.63, 3.8) is 0 Å². The first kappa shape index (κ1) is 20.3. The Morgan fingerprint density at radius 3 is 2.70 bits per heavy atom. The highest BCUT2D eigenvalue weighted by Gasteiger charge is 2.17. The van der Waals surface area contributed by atoms with Gasteiger partial charge >= 0.3 is 0 Å². The van der Waals surface area contributed by atoms with E-state index in [0.29, 0.717) is 11.0 Å². The molecule has 0 unspecified atom stereocenters. The van der Waals surface area contributed by atoms with E-state index in [4.69, 9.17) is 11.6 Å². The molecule has 4 rings (SSSR count). The normalized spacial score (nSPS) is 10.9. The largest absolute Gasteiger partial charge is 0.333 e. The number of fused-ring (bicyclic) bond motifs is 1. The first-order valence-electron chi connectivity index (χ1n) is 9.10. The minimum absolute atomic E-state index is 0.138. The van der Waals surface area contributed by atoms with Gasteiger partial charge in [-0.15, -0.1) is 0 Å². The average Bonchev–Trinajstić information content (AvgIpc) is 2.76. The number of hydrogen-bond donors (Lipinski definition) is 2. The maximum Gasteiger partial charge on any atom is 0.173 e. The number of anilines is 3. The zero-order valence-electron chi connectivity index (χ0n) is 15.8. The number of rotatable bonds is 6. The molecule has 9 heteroatoms. The smallest absolute Gasteiger partial charge is 0.173 e. The Balaban J connectivity index is 1.65. The molecular formula is C21H16ClF2N5S. The van der Waals surface area contributed by atoms with Crippen LogP contribution in [0, 0.1) is 11.6 Å². The highest BCUT2D eigenvalue weighted by Crippen LogP contribution is 2.33. The Labute approximate surface area is 181 Å². The maximum atomic E-state index is 15.1. The van der Waals surface area contributed by atoms with Crippen LogP contribution >= 0.6 is 23.5 Å². The van der Waals surface area contributed by atoms with Crippen LogP contribution in [0.2, 0.25) is 5.15 Å². The Bertz CT molecular complexity index is 1220. The molecule has 2 N–H and O–H groups in total. The zero-order valence-corrected chi connectivity index (χ0v) is 17.4. The molecule has 0 aliphatic carbocycles. The number of nitrogens with zero attached hydrogens (tertiary/aromatic N) is 3. The molecular weight excluding hydrogens is 428 g/mol. The summed E-state index contributed by atoms with van der Waals surface area (Å²) in [6.45, 7) is 2.05. The predicted molar refractivity (Wildman–Crippen MR) is 117 cm³/mol. The van der Waals surface area contributed by atoms with E-state index in [9.17, 15) is 4.39 Å². The summed E-state index contributed by atoms with van der Waals surface area (Å²) >= 11 is 7.22. The van der Waals surface area contributed by atoms with E-state index < -0.39 is 11.6 Å². The summed E-state index contributed by atoms with van der Waals surface area (Å²) in [6, 6.07) is 13.6. The first-order valence-corrected chi connectivity index (χ1v) is 10.3. The summed E-state index contributed by atoms with van der Waals surface area (Å²) < 4.78 is 32.5. The van der Waals surface area contributed by atoms with Crippen LogP contribution in [0.3, 0.4) is 0 Å². The molecule has 0 radical (unpaired) electrons. The van der Waals surface area contributed by atoms with Crippen LogP contribution in [0.5, 0.6) is 0 Å². The van der Waals surface area contributed by atoms with E-state index in [0.717, 1.165) is 16.9 Å². The van der Waals surface area contributed by atoms with Crippen molar-refractivity contribution >= 4 is 51.8 Å². The van der Waals surface area contributed by atoms with E-state index in [-0.39, 0.29) is 22.3 Å². The third-order valence-corrected chi connectivity index (χ3v) is 5.56. The van der Waals surface area contributed by atoms with Gasteiger partial charge < -0.3 is 10.0 Å². The van der Waals surface area contributed by atoms with Gasteiger partial charge in [0.1, 0.15) is 28.5 Å². The molecule has 0 bridgehead atoms.